The molecule has 0 aliphatic carbocycles. The van der Waals surface area contributed by atoms with Gasteiger partial charge in [-0.15, -0.1) is 0 Å². The fraction of sp³-hybridized carbons (Fsp3) is 0. The lowest BCUT2D eigenvalue weighted by molar-refractivity contribution is 0.0696. The molecule has 0 saturated heterocycles. The molecule has 0 bridgehead atoms. The summed E-state index contributed by atoms with van der Waals surface area (Å²) in [6.45, 7) is 0. The Morgan fingerprint density at radius 1 is 1.21 bits per heavy atom. The number of carboxylic acids is 1. The summed E-state index contributed by atoms with van der Waals surface area (Å²) in [6, 6.07) is 6.58. The Morgan fingerprint density at radius 2 is 2.11 bits per heavy atom. The zero-order chi connectivity index (χ0) is 13.2. The van der Waals surface area contributed by atoms with Gasteiger partial charge in [0.05, 0.1) is 11.8 Å². The molecule has 3 rings (SSSR count). The number of hydrogen-bond donors (Lipinski definition) is 1. The van der Waals surface area contributed by atoms with E-state index in [4.69, 9.17) is 5.11 Å². The summed E-state index contributed by atoms with van der Waals surface area (Å²) in [4.78, 5) is 19.4. The van der Waals surface area contributed by atoms with Crippen molar-refractivity contribution in [2.24, 2.45) is 0 Å². The predicted molar refractivity (Wildman–Crippen MR) is 68.3 cm³/mol. The van der Waals surface area contributed by atoms with Crippen molar-refractivity contribution in [2.45, 2.75) is 10.1 Å². The summed E-state index contributed by atoms with van der Waals surface area (Å²) in [5.41, 5.74) is 0.947. The molecule has 0 amide bonds. The second kappa shape index (κ2) is 4.69. The van der Waals surface area contributed by atoms with Crippen molar-refractivity contribution < 1.29 is 9.90 Å². The molecule has 3 aromatic rings. The van der Waals surface area contributed by atoms with Gasteiger partial charge in [-0.3, -0.25) is 0 Å². The molecule has 0 saturated carbocycles. The van der Waals surface area contributed by atoms with E-state index >= 15 is 0 Å². The zero-order valence-corrected chi connectivity index (χ0v) is 10.4. The molecule has 0 aromatic carbocycles. The van der Waals surface area contributed by atoms with Crippen LogP contribution in [0.5, 0.6) is 0 Å². The maximum atomic E-state index is 10.9. The Morgan fingerprint density at radius 3 is 2.95 bits per heavy atom. The number of rotatable bonds is 3. The molecule has 0 atom stereocenters. The zero-order valence-electron chi connectivity index (χ0n) is 9.59. The van der Waals surface area contributed by atoms with Crippen molar-refractivity contribution in [2.75, 3.05) is 0 Å². The van der Waals surface area contributed by atoms with Crippen LogP contribution in [0.3, 0.4) is 0 Å². The summed E-state index contributed by atoms with van der Waals surface area (Å²) < 4.78 is 1.66. The summed E-state index contributed by atoms with van der Waals surface area (Å²) in [6.07, 6.45) is 4.94. The highest BCUT2D eigenvalue weighted by Crippen LogP contribution is 2.24. The second-order valence-corrected chi connectivity index (χ2v) is 4.73. The highest BCUT2D eigenvalue weighted by molar-refractivity contribution is 7.99. The van der Waals surface area contributed by atoms with E-state index < -0.39 is 5.97 Å². The summed E-state index contributed by atoms with van der Waals surface area (Å²) in [5, 5.41) is 14.3. The lowest BCUT2D eigenvalue weighted by Gasteiger charge is -2.01. The standard InChI is InChI=1S/C12H8N4O2S/c17-12(18)8-1-4-13-11(7-8)19-10-3-6-16-9(15-10)2-5-14-16/h1-7H,(H,17,18). The largest absolute Gasteiger partial charge is 0.478 e. The first-order chi connectivity index (χ1) is 9.22. The van der Waals surface area contributed by atoms with E-state index in [1.54, 1.807) is 29.0 Å². The number of pyridine rings is 1. The molecule has 3 aromatic heterocycles. The highest BCUT2D eigenvalue weighted by atomic mass is 32.2. The molecule has 6 nitrogen and oxygen atoms in total. The van der Waals surface area contributed by atoms with Crippen molar-refractivity contribution in [3.63, 3.8) is 0 Å². The molecule has 0 fully saturated rings. The molecule has 0 aliphatic rings. The minimum absolute atomic E-state index is 0.211. The van der Waals surface area contributed by atoms with Crippen LogP contribution in [0.25, 0.3) is 5.65 Å². The molecule has 19 heavy (non-hydrogen) atoms. The maximum Gasteiger partial charge on any atom is 0.335 e. The Bertz CT molecular complexity index is 756. The summed E-state index contributed by atoms with van der Waals surface area (Å²) in [5.74, 6) is -0.969. The molecule has 0 aliphatic heterocycles. The van der Waals surface area contributed by atoms with Crippen molar-refractivity contribution in [3.8, 4) is 0 Å². The van der Waals surface area contributed by atoms with Crippen LogP contribution in [0.4, 0.5) is 0 Å². The van der Waals surface area contributed by atoms with Gasteiger partial charge in [0.1, 0.15) is 10.1 Å². The predicted octanol–water partition coefficient (Wildman–Crippen LogP) is 1.97. The average molecular weight is 272 g/mol. The van der Waals surface area contributed by atoms with Crippen LogP contribution in [-0.2, 0) is 0 Å². The number of carboxylic acid groups (broad SMARTS) is 1. The van der Waals surface area contributed by atoms with E-state index in [2.05, 4.69) is 15.1 Å². The quantitative estimate of drug-likeness (QED) is 0.734. The molecule has 0 unspecified atom stereocenters. The Balaban J connectivity index is 1.91. The topological polar surface area (TPSA) is 80.4 Å². The van der Waals surface area contributed by atoms with E-state index in [1.807, 2.05) is 0 Å². The molecule has 0 radical (unpaired) electrons. The van der Waals surface area contributed by atoms with E-state index in [0.29, 0.717) is 5.03 Å². The molecule has 1 N–H and O–H groups in total. The average Bonchev–Trinajstić information content (AvgIpc) is 2.86. The smallest absolute Gasteiger partial charge is 0.335 e. The first-order valence-corrected chi connectivity index (χ1v) is 6.21. The number of fused-ring (bicyclic) bond motifs is 1. The van der Waals surface area contributed by atoms with E-state index in [-0.39, 0.29) is 5.56 Å². The van der Waals surface area contributed by atoms with Crippen LogP contribution >= 0.6 is 11.8 Å². The van der Waals surface area contributed by atoms with Gasteiger partial charge in [0, 0.05) is 18.5 Å². The number of carbonyl (C=O) groups is 1. The number of nitrogens with zero attached hydrogens (tertiary/aromatic N) is 4. The molecular formula is C12H8N4O2S. The summed E-state index contributed by atoms with van der Waals surface area (Å²) in [7, 11) is 0. The minimum Gasteiger partial charge on any atom is -0.478 e. The SMILES string of the molecule is O=C(O)c1ccnc(Sc2ccn3nccc3n2)c1. The van der Waals surface area contributed by atoms with Gasteiger partial charge in [0.25, 0.3) is 0 Å². The normalized spacial score (nSPS) is 10.7. The number of aromatic carboxylic acids is 1. The second-order valence-electron chi connectivity index (χ2n) is 3.69. The van der Waals surface area contributed by atoms with E-state index in [1.165, 1.54) is 30.1 Å². The van der Waals surface area contributed by atoms with Crippen molar-refractivity contribution in [1.29, 1.82) is 0 Å². The van der Waals surface area contributed by atoms with Gasteiger partial charge in [-0.25, -0.2) is 19.3 Å². The van der Waals surface area contributed by atoms with E-state index in [9.17, 15) is 4.79 Å². The van der Waals surface area contributed by atoms with Crippen molar-refractivity contribution in [3.05, 3.63) is 48.4 Å². The Hall–Kier alpha value is -2.41. The van der Waals surface area contributed by atoms with Gasteiger partial charge in [-0.1, -0.05) is 0 Å². The number of hydrogen-bond acceptors (Lipinski definition) is 5. The molecule has 0 spiro atoms. The molecular weight excluding hydrogens is 264 g/mol. The lowest BCUT2D eigenvalue weighted by atomic mass is 10.3. The maximum absolute atomic E-state index is 10.9. The van der Waals surface area contributed by atoms with Crippen LogP contribution in [0, 0.1) is 0 Å². The third-order valence-electron chi connectivity index (χ3n) is 2.42. The first-order valence-electron chi connectivity index (χ1n) is 5.40. The molecule has 94 valence electrons. The van der Waals surface area contributed by atoms with Crippen molar-refractivity contribution in [1.82, 2.24) is 19.6 Å². The molecule has 3 heterocycles. The van der Waals surface area contributed by atoms with Gasteiger partial charge < -0.3 is 5.11 Å². The highest BCUT2D eigenvalue weighted by Gasteiger charge is 2.07. The van der Waals surface area contributed by atoms with Gasteiger partial charge >= 0.3 is 5.97 Å². The van der Waals surface area contributed by atoms with E-state index in [0.717, 1.165) is 10.7 Å². The fourth-order valence-corrected chi connectivity index (χ4v) is 2.34. The first kappa shape index (κ1) is 11.7. The minimum atomic E-state index is -0.969. The van der Waals surface area contributed by atoms with Gasteiger partial charge in [-0.05, 0) is 30.0 Å². The Labute approximate surface area is 112 Å². The van der Waals surface area contributed by atoms with Crippen LogP contribution in [-0.4, -0.2) is 30.7 Å². The Kier molecular flexibility index (Phi) is 2.88. The third-order valence-corrected chi connectivity index (χ3v) is 3.29. The lowest BCUT2D eigenvalue weighted by Crippen LogP contribution is -1.97. The van der Waals surface area contributed by atoms with Crippen LogP contribution in [0.2, 0.25) is 0 Å². The van der Waals surface area contributed by atoms with Crippen LogP contribution in [0.15, 0.2) is 52.9 Å². The molecule has 7 heteroatoms. The number of aromatic nitrogens is 4. The monoisotopic (exact) mass is 272 g/mol. The van der Waals surface area contributed by atoms with Crippen molar-refractivity contribution >= 4 is 23.4 Å². The van der Waals surface area contributed by atoms with Crippen LogP contribution in [0.1, 0.15) is 10.4 Å². The van der Waals surface area contributed by atoms with Gasteiger partial charge in [0.2, 0.25) is 0 Å². The fourth-order valence-electron chi connectivity index (χ4n) is 1.56. The van der Waals surface area contributed by atoms with Gasteiger partial charge in [0.15, 0.2) is 5.65 Å². The van der Waals surface area contributed by atoms with Gasteiger partial charge in [-0.2, -0.15) is 5.10 Å². The third kappa shape index (κ3) is 2.41. The van der Waals surface area contributed by atoms with Crippen LogP contribution < -0.4 is 0 Å². The summed E-state index contributed by atoms with van der Waals surface area (Å²) >= 11 is 1.31.